The molecule has 7 nitrogen and oxygen atoms in total. The number of imidazole rings is 2. The van der Waals surface area contributed by atoms with Gasteiger partial charge < -0.3 is 19.2 Å². The summed E-state index contributed by atoms with van der Waals surface area (Å²) in [7, 11) is 3.94. The van der Waals surface area contributed by atoms with Crippen LogP contribution in [0.3, 0.4) is 0 Å². The van der Waals surface area contributed by atoms with Crippen molar-refractivity contribution in [2.45, 2.75) is 6.54 Å². The molecule has 0 fully saturated rings. The van der Waals surface area contributed by atoms with Crippen molar-refractivity contribution in [1.82, 2.24) is 29.2 Å². The van der Waals surface area contributed by atoms with Crippen LogP contribution in [0.2, 0.25) is 5.02 Å². The van der Waals surface area contributed by atoms with E-state index in [2.05, 4.69) is 10.3 Å². The number of halogens is 1. The summed E-state index contributed by atoms with van der Waals surface area (Å²) in [5.41, 5.74) is 3.63. The SMILES string of the molecule is CN(C)CCNC(=O)c1nccn1Cc1c(-c2ccc(Cl)cc2)nc2ccccn12. The van der Waals surface area contributed by atoms with E-state index in [9.17, 15) is 4.79 Å². The number of nitrogens with zero attached hydrogens (tertiary/aromatic N) is 5. The van der Waals surface area contributed by atoms with Crippen molar-refractivity contribution in [3.8, 4) is 11.3 Å². The maximum atomic E-state index is 12.6. The zero-order valence-corrected chi connectivity index (χ0v) is 17.7. The van der Waals surface area contributed by atoms with Gasteiger partial charge in [0.2, 0.25) is 0 Å². The molecule has 0 aliphatic carbocycles. The molecule has 0 spiro atoms. The Morgan fingerprint density at radius 1 is 1.13 bits per heavy atom. The molecule has 0 saturated carbocycles. The van der Waals surface area contributed by atoms with E-state index >= 15 is 0 Å². The minimum absolute atomic E-state index is 0.191. The highest BCUT2D eigenvalue weighted by Gasteiger charge is 2.18. The molecule has 1 aromatic carbocycles. The smallest absolute Gasteiger partial charge is 0.287 e. The van der Waals surface area contributed by atoms with Crippen LogP contribution in [0.25, 0.3) is 16.9 Å². The van der Waals surface area contributed by atoms with E-state index in [1.807, 2.05) is 82.8 Å². The third-order valence-corrected chi connectivity index (χ3v) is 5.08. The summed E-state index contributed by atoms with van der Waals surface area (Å²) in [6.45, 7) is 1.78. The molecule has 4 aromatic rings. The molecule has 0 saturated heterocycles. The fourth-order valence-electron chi connectivity index (χ4n) is 3.32. The average molecular weight is 423 g/mol. The number of carbonyl (C=O) groups is 1. The van der Waals surface area contributed by atoms with E-state index in [0.717, 1.165) is 29.1 Å². The van der Waals surface area contributed by atoms with Crippen LogP contribution in [-0.4, -0.2) is 56.9 Å². The largest absolute Gasteiger partial charge is 0.348 e. The first kappa shape index (κ1) is 20.1. The van der Waals surface area contributed by atoms with Crippen LogP contribution in [-0.2, 0) is 6.54 Å². The van der Waals surface area contributed by atoms with Crippen LogP contribution >= 0.6 is 11.6 Å². The summed E-state index contributed by atoms with van der Waals surface area (Å²) in [4.78, 5) is 23.8. The topological polar surface area (TPSA) is 67.5 Å². The quantitative estimate of drug-likeness (QED) is 0.496. The van der Waals surface area contributed by atoms with Crippen molar-refractivity contribution in [3.63, 3.8) is 0 Å². The first-order valence-corrected chi connectivity index (χ1v) is 10.1. The lowest BCUT2D eigenvalue weighted by molar-refractivity contribution is 0.0937. The molecule has 0 aliphatic rings. The van der Waals surface area contributed by atoms with Gasteiger partial charge in [0.05, 0.1) is 17.9 Å². The molecule has 154 valence electrons. The van der Waals surface area contributed by atoms with Crippen LogP contribution in [0, 0.1) is 0 Å². The first-order chi connectivity index (χ1) is 14.5. The standard InChI is InChI=1S/C22H23ClN6O/c1-27(2)13-10-25-22(30)21-24-11-14-28(21)15-18-20(16-6-8-17(23)9-7-16)26-19-5-3-4-12-29(18)19/h3-9,11-12,14H,10,13,15H2,1-2H3,(H,25,30). The lowest BCUT2D eigenvalue weighted by Crippen LogP contribution is -2.33. The second kappa shape index (κ2) is 8.69. The first-order valence-electron chi connectivity index (χ1n) is 9.69. The molecule has 3 heterocycles. The molecule has 0 bridgehead atoms. The highest BCUT2D eigenvalue weighted by atomic mass is 35.5. The highest BCUT2D eigenvalue weighted by Crippen LogP contribution is 2.26. The maximum absolute atomic E-state index is 12.6. The lowest BCUT2D eigenvalue weighted by Gasteiger charge is -2.12. The number of benzene rings is 1. The Morgan fingerprint density at radius 3 is 2.70 bits per heavy atom. The molecule has 3 aromatic heterocycles. The number of likely N-dealkylation sites (N-methyl/N-ethyl adjacent to an activating group) is 1. The summed E-state index contributed by atoms with van der Waals surface area (Å²) >= 11 is 6.06. The number of fused-ring (bicyclic) bond motifs is 1. The number of pyridine rings is 1. The van der Waals surface area contributed by atoms with E-state index in [0.29, 0.717) is 23.9 Å². The van der Waals surface area contributed by atoms with Gasteiger partial charge >= 0.3 is 0 Å². The number of hydrogen-bond donors (Lipinski definition) is 1. The summed E-state index contributed by atoms with van der Waals surface area (Å²) in [6.07, 6.45) is 5.44. The molecular formula is C22H23ClN6O. The Morgan fingerprint density at radius 2 is 1.93 bits per heavy atom. The third-order valence-electron chi connectivity index (χ3n) is 4.83. The van der Waals surface area contributed by atoms with Crippen molar-refractivity contribution in [2.24, 2.45) is 0 Å². The minimum Gasteiger partial charge on any atom is -0.348 e. The van der Waals surface area contributed by atoms with Gasteiger partial charge in [0.1, 0.15) is 5.65 Å². The van der Waals surface area contributed by atoms with Crippen molar-refractivity contribution < 1.29 is 4.79 Å². The van der Waals surface area contributed by atoms with Gasteiger partial charge in [-0.2, -0.15) is 0 Å². The lowest BCUT2D eigenvalue weighted by atomic mass is 10.1. The van der Waals surface area contributed by atoms with Crippen LogP contribution in [0.5, 0.6) is 0 Å². The van der Waals surface area contributed by atoms with Crippen molar-refractivity contribution in [3.05, 3.63) is 77.6 Å². The number of aromatic nitrogens is 4. The van der Waals surface area contributed by atoms with E-state index in [1.165, 1.54) is 0 Å². The van der Waals surface area contributed by atoms with Gasteiger partial charge in [0.15, 0.2) is 5.82 Å². The van der Waals surface area contributed by atoms with Crippen molar-refractivity contribution in [2.75, 3.05) is 27.2 Å². The predicted molar refractivity (Wildman–Crippen MR) is 118 cm³/mol. The van der Waals surface area contributed by atoms with Gasteiger partial charge in [-0.3, -0.25) is 4.79 Å². The van der Waals surface area contributed by atoms with E-state index in [1.54, 1.807) is 6.20 Å². The summed E-state index contributed by atoms with van der Waals surface area (Å²) in [5.74, 6) is 0.186. The van der Waals surface area contributed by atoms with Gasteiger partial charge in [-0.25, -0.2) is 9.97 Å². The van der Waals surface area contributed by atoms with Crippen LogP contribution in [0.4, 0.5) is 0 Å². The molecule has 1 amide bonds. The predicted octanol–water partition coefficient (Wildman–Crippen LogP) is 3.19. The van der Waals surface area contributed by atoms with Gasteiger partial charge in [-0.05, 0) is 38.4 Å². The molecule has 0 radical (unpaired) electrons. The van der Waals surface area contributed by atoms with E-state index in [-0.39, 0.29) is 5.91 Å². The van der Waals surface area contributed by atoms with Crippen molar-refractivity contribution in [1.29, 1.82) is 0 Å². The summed E-state index contributed by atoms with van der Waals surface area (Å²) < 4.78 is 3.89. The molecule has 0 atom stereocenters. The normalized spacial score (nSPS) is 11.3. The fourth-order valence-corrected chi connectivity index (χ4v) is 3.44. The van der Waals surface area contributed by atoms with Gasteiger partial charge in [-0.15, -0.1) is 0 Å². The van der Waals surface area contributed by atoms with Gasteiger partial charge in [-0.1, -0.05) is 29.8 Å². The molecular weight excluding hydrogens is 400 g/mol. The van der Waals surface area contributed by atoms with Gasteiger partial charge in [0.25, 0.3) is 5.91 Å². The summed E-state index contributed by atoms with van der Waals surface area (Å²) in [5, 5.41) is 3.60. The number of nitrogens with one attached hydrogen (secondary N) is 1. The molecule has 0 unspecified atom stereocenters. The second-order valence-corrected chi connectivity index (χ2v) is 7.72. The minimum atomic E-state index is -0.191. The van der Waals surface area contributed by atoms with E-state index < -0.39 is 0 Å². The third kappa shape index (κ3) is 4.22. The number of hydrogen-bond acceptors (Lipinski definition) is 4. The molecule has 4 rings (SSSR count). The average Bonchev–Trinajstić information content (AvgIpc) is 3.34. The zero-order chi connectivity index (χ0) is 21.1. The number of carbonyl (C=O) groups excluding carboxylic acids is 1. The van der Waals surface area contributed by atoms with Crippen molar-refractivity contribution >= 4 is 23.2 Å². The van der Waals surface area contributed by atoms with E-state index in [4.69, 9.17) is 16.6 Å². The Balaban J connectivity index is 1.68. The molecule has 1 N–H and O–H groups in total. The maximum Gasteiger partial charge on any atom is 0.287 e. The zero-order valence-electron chi connectivity index (χ0n) is 16.9. The highest BCUT2D eigenvalue weighted by molar-refractivity contribution is 6.30. The van der Waals surface area contributed by atoms with Crippen LogP contribution in [0.1, 0.15) is 16.3 Å². The monoisotopic (exact) mass is 422 g/mol. The number of amides is 1. The molecule has 8 heteroatoms. The number of rotatable bonds is 7. The summed E-state index contributed by atoms with van der Waals surface area (Å²) in [6, 6.07) is 13.5. The molecule has 30 heavy (non-hydrogen) atoms. The Kier molecular flexibility index (Phi) is 5.83. The Hall–Kier alpha value is -3.16. The fraction of sp³-hybridized carbons (Fsp3) is 0.227. The molecule has 0 aliphatic heterocycles. The van der Waals surface area contributed by atoms with Crippen LogP contribution in [0.15, 0.2) is 61.1 Å². The van der Waals surface area contributed by atoms with Gasteiger partial charge in [0, 0.05) is 42.3 Å². The van der Waals surface area contributed by atoms with Crippen LogP contribution < -0.4 is 5.32 Å². The Labute approximate surface area is 179 Å². The second-order valence-electron chi connectivity index (χ2n) is 7.28. The Bertz CT molecular complexity index is 1160.